The molecule has 0 aromatic carbocycles. The Morgan fingerprint density at radius 2 is 1.82 bits per heavy atom. The van der Waals surface area contributed by atoms with Crippen LogP contribution in [0, 0.1) is 28.6 Å². The van der Waals surface area contributed by atoms with Gasteiger partial charge in [-0.3, -0.25) is 4.79 Å². The van der Waals surface area contributed by atoms with E-state index in [-0.39, 0.29) is 16.6 Å². The Bertz CT molecular complexity index is 624. The second-order valence-corrected chi connectivity index (χ2v) is 8.54. The monoisotopic (exact) mass is 298 g/mol. The Morgan fingerprint density at radius 1 is 1.09 bits per heavy atom. The van der Waals surface area contributed by atoms with Gasteiger partial charge in [0.25, 0.3) is 0 Å². The Morgan fingerprint density at radius 3 is 2.59 bits per heavy atom. The molecule has 2 saturated carbocycles. The lowest BCUT2D eigenvalue weighted by Crippen LogP contribution is -2.52. The predicted molar refractivity (Wildman–Crippen MR) is 87.1 cm³/mol. The van der Waals surface area contributed by atoms with E-state index in [1.165, 1.54) is 5.57 Å². The summed E-state index contributed by atoms with van der Waals surface area (Å²) in [6.45, 7) is 6.62. The van der Waals surface area contributed by atoms with Crippen LogP contribution in [0.3, 0.4) is 0 Å². The standard InChI is InChI=1S/C20H26O2/c1-18-9-6-14(21)12-13(18)4-5-15-16(18)7-10-19(2)17(15)8-11-20(19,3)22/h4-6,9,12,15-17,22H,7-8,10-11H2,1-3H3/t15-,16+,17+,18+,19+,20-/m1/s1. The van der Waals surface area contributed by atoms with Crippen molar-refractivity contribution in [3.05, 3.63) is 36.0 Å². The lowest BCUT2D eigenvalue weighted by Gasteiger charge is -2.56. The van der Waals surface area contributed by atoms with Crippen molar-refractivity contribution in [3.8, 4) is 0 Å². The fraction of sp³-hybridized carbons (Fsp3) is 0.650. The zero-order valence-corrected chi connectivity index (χ0v) is 13.8. The molecule has 2 nitrogen and oxygen atoms in total. The molecular weight excluding hydrogens is 272 g/mol. The Kier molecular flexibility index (Phi) is 2.77. The fourth-order valence-corrected chi connectivity index (χ4v) is 5.90. The SMILES string of the molecule is C[C@]12C=CC(=O)C=C1C=C[C@@H]1[C@@H]2CC[C@@]2(C)[C@H]1CC[C@@]2(C)O. The van der Waals surface area contributed by atoms with E-state index in [0.717, 1.165) is 25.7 Å². The van der Waals surface area contributed by atoms with Gasteiger partial charge in [0, 0.05) is 5.41 Å². The first-order valence-corrected chi connectivity index (χ1v) is 8.64. The molecule has 22 heavy (non-hydrogen) atoms. The van der Waals surface area contributed by atoms with Crippen molar-refractivity contribution in [2.24, 2.45) is 28.6 Å². The van der Waals surface area contributed by atoms with Crippen molar-refractivity contribution >= 4 is 5.78 Å². The van der Waals surface area contributed by atoms with Gasteiger partial charge in [-0.1, -0.05) is 32.1 Å². The first-order chi connectivity index (χ1) is 10.3. The van der Waals surface area contributed by atoms with Crippen molar-refractivity contribution in [3.63, 3.8) is 0 Å². The van der Waals surface area contributed by atoms with Crippen molar-refractivity contribution < 1.29 is 9.90 Å². The van der Waals surface area contributed by atoms with Gasteiger partial charge in [-0.2, -0.15) is 0 Å². The molecular formula is C20H26O2. The molecule has 0 radical (unpaired) electrons. The van der Waals surface area contributed by atoms with Crippen LogP contribution in [-0.4, -0.2) is 16.5 Å². The molecule has 0 aromatic heterocycles. The largest absolute Gasteiger partial charge is 0.390 e. The summed E-state index contributed by atoms with van der Waals surface area (Å²) >= 11 is 0. The molecule has 0 saturated heterocycles. The van der Waals surface area contributed by atoms with Crippen LogP contribution in [0.4, 0.5) is 0 Å². The van der Waals surface area contributed by atoms with Crippen LogP contribution in [0.15, 0.2) is 36.0 Å². The summed E-state index contributed by atoms with van der Waals surface area (Å²) in [5.41, 5.74) is 0.661. The van der Waals surface area contributed by atoms with Gasteiger partial charge in [0.2, 0.25) is 0 Å². The van der Waals surface area contributed by atoms with E-state index in [1.54, 1.807) is 6.08 Å². The highest BCUT2D eigenvalue weighted by atomic mass is 16.3. The van der Waals surface area contributed by atoms with Crippen LogP contribution in [0.5, 0.6) is 0 Å². The molecule has 4 aliphatic rings. The van der Waals surface area contributed by atoms with Crippen molar-refractivity contribution in [1.82, 2.24) is 0 Å². The first kappa shape index (κ1) is 14.4. The van der Waals surface area contributed by atoms with Crippen molar-refractivity contribution in [2.75, 3.05) is 0 Å². The zero-order valence-electron chi connectivity index (χ0n) is 13.8. The minimum atomic E-state index is -0.536. The number of aliphatic hydroxyl groups is 1. The minimum Gasteiger partial charge on any atom is -0.390 e. The van der Waals surface area contributed by atoms with Gasteiger partial charge in [-0.25, -0.2) is 0 Å². The van der Waals surface area contributed by atoms with E-state index >= 15 is 0 Å². The van der Waals surface area contributed by atoms with Crippen LogP contribution in [0.1, 0.15) is 46.5 Å². The van der Waals surface area contributed by atoms with Gasteiger partial charge >= 0.3 is 0 Å². The average Bonchev–Trinajstić information content (AvgIpc) is 2.70. The van der Waals surface area contributed by atoms with Gasteiger partial charge in [0.1, 0.15) is 0 Å². The molecule has 2 fully saturated rings. The Hall–Kier alpha value is -1.15. The average molecular weight is 298 g/mol. The van der Waals surface area contributed by atoms with E-state index in [0.29, 0.717) is 17.8 Å². The lowest BCUT2D eigenvalue weighted by atomic mass is 9.49. The number of carbonyl (C=O) groups is 1. The highest BCUT2D eigenvalue weighted by Crippen LogP contribution is 2.65. The van der Waals surface area contributed by atoms with Crippen molar-refractivity contribution in [2.45, 2.75) is 52.1 Å². The number of fused-ring (bicyclic) bond motifs is 5. The molecule has 118 valence electrons. The predicted octanol–water partition coefficient (Wildman–Crippen LogP) is 3.82. The molecule has 4 rings (SSSR count). The normalized spacial score (nSPS) is 52.8. The molecule has 0 aliphatic heterocycles. The van der Waals surface area contributed by atoms with E-state index in [1.807, 2.05) is 13.0 Å². The summed E-state index contributed by atoms with van der Waals surface area (Å²) in [6, 6.07) is 0. The van der Waals surface area contributed by atoms with Crippen molar-refractivity contribution in [1.29, 1.82) is 0 Å². The smallest absolute Gasteiger partial charge is 0.178 e. The number of hydrogen-bond acceptors (Lipinski definition) is 2. The number of ketones is 1. The van der Waals surface area contributed by atoms with Crippen LogP contribution in [0.2, 0.25) is 0 Å². The van der Waals surface area contributed by atoms with Crippen LogP contribution in [-0.2, 0) is 4.79 Å². The number of carbonyl (C=O) groups excluding carboxylic acids is 1. The third-order valence-corrected chi connectivity index (χ3v) is 7.68. The molecule has 4 aliphatic carbocycles. The fourth-order valence-electron chi connectivity index (χ4n) is 5.90. The van der Waals surface area contributed by atoms with E-state index in [4.69, 9.17) is 0 Å². The number of hydrogen-bond donors (Lipinski definition) is 1. The van der Waals surface area contributed by atoms with E-state index in [2.05, 4.69) is 32.1 Å². The Balaban J connectivity index is 1.77. The maximum Gasteiger partial charge on any atom is 0.178 e. The van der Waals surface area contributed by atoms with Gasteiger partial charge < -0.3 is 5.11 Å². The topological polar surface area (TPSA) is 37.3 Å². The molecule has 0 unspecified atom stereocenters. The molecule has 0 aromatic rings. The summed E-state index contributed by atoms with van der Waals surface area (Å²) in [5.74, 6) is 1.75. The lowest BCUT2D eigenvalue weighted by molar-refractivity contribution is -0.111. The molecule has 0 bridgehead atoms. The highest BCUT2D eigenvalue weighted by Gasteiger charge is 2.61. The molecule has 2 heteroatoms. The minimum absolute atomic E-state index is 0.0108. The highest BCUT2D eigenvalue weighted by molar-refractivity contribution is 6.01. The number of rotatable bonds is 0. The second-order valence-electron chi connectivity index (χ2n) is 8.54. The van der Waals surface area contributed by atoms with Gasteiger partial charge in [0.15, 0.2) is 5.78 Å². The van der Waals surface area contributed by atoms with Gasteiger partial charge in [-0.05, 0) is 73.5 Å². The first-order valence-electron chi connectivity index (χ1n) is 8.64. The summed E-state index contributed by atoms with van der Waals surface area (Å²) in [7, 11) is 0. The van der Waals surface area contributed by atoms with Crippen LogP contribution >= 0.6 is 0 Å². The van der Waals surface area contributed by atoms with Gasteiger partial charge in [0.05, 0.1) is 5.60 Å². The third-order valence-electron chi connectivity index (χ3n) is 7.68. The van der Waals surface area contributed by atoms with Crippen LogP contribution < -0.4 is 0 Å². The van der Waals surface area contributed by atoms with Gasteiger partial charge in [-0.15, -0.1) is 0 Å². The number of allylic oxidation sites excluding steroid dienone is 6. The zero-order chi connectivity index (χ0) is 15.8. The van der Waals surface area contributed by atoms with E-state index < -0.39 is 5.60 Å². The second kappa shape index (κ2) is 4.23. The molecule has 1 N–H and O–H groups in total. The molecule has 0 amide bonds. The summed E-state index contributed by atoms with van der Waals surface area (Å²) in [5, 5.41) is 10.9. The summed E-state index contributed by atoms with van der Waals surface area (Å²) in [6.07, 6.45) is 14.5. The molecule has 0 spiro atoms. The summed E-state index contributed by atoms with van der Waals surface area (Å²) < 4.78 is 0. The van der Waals surface area contributed by atoms with Crippen LogP contribution in [0.25, 0.3) is 0 Å². The molecule has 6 atom stereocenters. The Labute approximate surface area is 133 Å². The maximum atomic E-state index is 11.7. The molecule has 0 heterocycles. The maximum absolute atomic E-state index is 11.7. The summed E-state index contributed by atoms with van der Waals surface area (Å²) in [4.78, 5) is 11.7. The quantitative estimate of drug-likeness (QED) is 0.738. The third kappa shape index (κ3) is 1.62. The van der Waals surface area contributed by atoms with E-state index in [9.17, 15) is 9.90 Å².